The highest BCUT2D eigenvalue weighted by Crippen LogP contribution is 2.19. The summed E-state index contributed by atoms with van der Waals surface area (Å²) in [6, 6.07) is 7.22. The lowest BCUT2D eigenvalue weighted by molar-refractivity contribution is -0.132. The minimum atomic E-state index is 0.132. The van der Waals surface area contributed by atoms with Gasteiger partial charge in [0.05, 0.1) is 25.7 Å². The first kappa shape index (κ1) is 14.4. The molecule has 21 heavy (non-hydrogen) atoms. The Kier molecular flexibility index (Phi) is 4.12. The maximum absolute atomic E-state index is 12.6. The minimum absolute atomic E-state index is 0.132. The molecule has 114 valence electrons. The second-order valence-electron chi connectivity index (χ2n) is 6.14. The highest BCUT2D eigenvalue weighted by atomic mass is 16.5. The molecule has 1 amide bonds. The quantitative estimate of drug-likeness (QED) is 0.872. The number of hydrogen-bond acceptors (Lipinski definition) is 4. The second-order valence-corrected chi connectivity index (χ2v) is 6.14. The highest BCUT2D eigenvalue weighted by Gasteiger charge is 2.33. The van der Waals surface area contributed by atoms with E-state index in [-0.39, 0.29) is 17.7 Å². The molecule has 3 rings (SSSR count). The normalized spacial score (nSPS) is 26.4. The summed E-state index contributed by atoms with van der Waals surface area (Å²) < 4.78 is 5.68. The van der Waals surface area contributed by atoms with Gasteiger partial charge in [-0.25, -0.2) is 0 Å². The Hall–Kier alpha value is -1.59. The van der Waals surface area contributed by atoms with E-state index in [1.54, 1.807) is 18.2 Å². The molecule has 1 N–H and O–H groups in total. The van der Waals surface area contributed by atoms with Gasteiger partial charge in [-0.15, -0.1) is 0 Å². The molecule has 0 radical (unpaired) electrons. The molecule has 1 aromatic carbocycles. The van der Waals surface area contributed by atoms with Gasteiger partial charge in [0.1, 0.15) is 5.75 Å². The fourth-order valence-corrected chi connectivity index (χ4v) is 3.21. The van der Waals surface area contributed by atoms with Gasteiger partial charge < -0.3 is 14.7 Å². The number of phenolic OH excluding ortho intramolecular Hbond substituents is 1. The van der Waals surface area contributed by atoms with Crippen LogP contribution in [0.3, 0.4) is 0 Å². The molecule has 2 bridgehead atoms. The lowest BCUT2D eigenvalue weighted by Gasteiger charge is -2.29. The smallest absolute Gasteiger partial charge is 0.227 e. The van der Waals surface area contributed by atoms with Gasteiger partial charge in [-0.05, 0) is 24.7 Å². The Morgan fingerprint density at radius 2 is 2.19 bits per heavy atom. The zero-order valence-corrected chi connectivity index (χ0v) is 12.4. The largest absolute Gasteiger partial charge is 0.508 e. The molecule has 1 aromatic rings. The summed E-state index contributed by atoms with van der Waals surface area (Å²) in [5.74, 6) is 0.726. The van der Waals surface area contributed by atoms with Crippen LogP contribution in [0.5, 0.6) is 5.75 Å². The number of fused-ring (bicyclic) bond motifs is 3. The summed E-state index contributed by atoms with van der Waals surface area (Å²) >= 11 is 0. The van der Waals surface area contributed by atoms with E-state index in [1.807, 2.05) is 11.0 Å². The highest BCUT2D eigenvalue weighted by molar-refractivity contribution is 5.79. The third-order valence-electron chi connectivity index (χ3n) is 4.36. The lowest BCUT2D eigenvalue weighted by Crippen LogP contribution is -2.45. The van der Waals surface area contributed by atoms with Gasteiger partial charge >= 0.3 is 0 Å². The Bertz CT molecular complexity index is 520. The van der Waals surface area contributed by atoms with E-state index >= 15 is 0 Å². The molecule has 0 unspecified atom stereocenters. The maximum atomic E-state index is 12.6. The van der Waals surface area contributed by atoms with Crippen LogP contribution in [-0.2, 0) is 16.0 Å². The van der Waals surface area contributed by atoms with Crippen LogP contribution >= 0.6 is 0 Å². The van der Waals surface area contributed by atoms with Crippen LogP contribution in [0.1, 0.15) is 5.56 Å². The van der Waals surface area contributed by atoms with E-state index in [9.17, 15) is 9.90 Å². The number of rotatable bonds is 2. The van der Waals surface area contributed by atoms with Gasteiger partial charge in [0.15, 0.2) is 0 Å². The first-order valence-corrected chi connectivity index (χ1v) is 7.45. The maximum Gasteiger partial charge on any atom is 0.227 e. The molecule has 0 spiro atoms. The molecular weight excluding hydrogens is 268 g/mol. The predicted octanol–water partition coefficient (Wildman–Crippen LogP) is 0.724. The average Bonchev–Trinajstić information content (AvgIpc) is 2.67. The monoisotopic (exact) mass is 290 g/mol. The van der Waals surface area contributed by atoms with Crippen molar-refractivity contribution in [1.82, 2.24) is 9.80 Å². The number of carbonyl (C=O) groups is 1. The number of amides is 1. The number of aromatic hydroxyl groups is 1. The molecule has 2 aliphatic rings. The van der Waals surface area contributed by atoms with Crippen molar-refractivity contribution in [3.05, 3.63) is 29.8 Å². The number of ether oxygens (including phenoxy) is 1. The van der Waals surface area contributed by atoms with Crippen LogP contribution in [-0.4, -0.2) is 66.8 Å². The fraction of sp³-hybridized carbons (Fsp3) is 0.562. The SMILES string of the molecule is CN1C[C@H]2COC[C@@H]1CN(C(=O)Cc1cccc(O)c1)C2. The molecule has 2 aliphatic heterocycles. The van der Waals surface area contributed by atoms with E-state index < -0.39 is 0 Å². The summed E-state index contributed by atoms with van der Waals surface area (Å²) in [5.41, 5.74) is 0.860. The molecular formula is C16H22N2O3. The topological polar surface area (TPSA) is 53.0 Å². The van der Waals surface area contributed by atoms with E-state index in [2.05, 4.69) is 11.9 Å². The number of hydrogen-bond donors (Lipinski definition) is 1. The van der Waals surface area contributed by atoms with Crippen molar-refractivity contribution in [2.45, 2.75) is 12.5 Å². The van der Waals surface area contributed by atoms with Gasteiger partial charge in [-0.1, -0.05) is 12.1 Å². The van der Waals surface area contributed by atoms with Crippen LogP contribution in [0.4, 0.5) is 0 Å². The van der Waals surface area contributed by atoms with Crippen LogP contribution in [0.15, 0.2) is 24.3 Å². The van der Waals surface area contributed by atoms with Crippen LogP contribution in [0, 0.1) is 5.92 Å². The van der Waals surface area contributed by atoms with Crippen LogP contribution in [0.2, 0.25) is 0 Å². The Morgan fingerprint density at radius 1 is 1.33 bits per heavy atom. The summed E-state index contributed by atoms with van der Waals surface area (Å²) in [6.07, 6.45) is 0.346. The van der Waals surface area contributed by atoms with Gasteiger partial charge in [-0.3, -0.25) is 9.69 Å². The molecule has 0 saturated carbocycles. The van der Waals surface area contributed by atoms with Crippen molar-refractivity contribution in [3.8, 4) is 5.75 Å². The zero-order valence-electron chi connectivity index (χ0n) is 12.4. The number of carbonyl (C=O) groups excluding carboxylic acids is 1. The van der Waals surface area contributed by atoms with Gasteiger partial charge in [0, 0.05) is 25.6 Å². The standard InChI is InChI=1S/C16H22N2O3/c1-17-7-13-8-18(9-14(17)11-21-10-13)16(20)6-12-3-2-4-15(19)5-12/h2-5,13-14,19H,6-11H2,1H3/t13-,14+/m1/s1. The molecule has 2 saturated heterocycles. The number of benzene rings is 1. The van der Waals surface area contributed by atoms with Gasteiger partial charge in [-0.2, -0.15) is 0 Å². The van der Waals surface area contributed by atoms with Gasteiger partial charge in [0.2, 0.25) is 5.91 Å². The van der Waals surface area contributed by atoms with Crippen molar-refractivity contribution >= 4 is 5.91 Å². The minimum Gasteiger partial charge on any atom is -0.508 e. The Morgan fingerprint density at radius 3 is 3.00 bits per heavy atom. The predicted molar refractivity (Wildman–Crippen MR) is 79.1 cm³/mol. The summed E-state index contributed by atoms with van der Waals surface area (Å²) in [5, 5.41) is 9.50. The molecule has 2 atom stereocenters. The Balaban J connectivity index is 1.70. The van der Waals surface area contributed by atoms with Crippen molar-refractivity contribution in [2.24, 2.45) is 5.92 Å². The average molecular weight is 290 g/mol. The number of phenols is 1. The van der Waals surface area contributed by atoms with E-state index in [0.29, 0.717) is 18.9 Å². The first-order chi connectivity index (χ1) is 10.1. The fourth-order valence-electron chi connectivity index (χ4n) is 3.21. The lowest BCUT2D eigenvalue weighted by atomic mass is 10.1. The van der Waals surface area contributed by atoms with Gasteiger partial charge in [0.25, 0.3) is 0 Å². The molecule has 2 fully saturated rings. The second kappa shape index (κ2) is 6.03. The Labute approximate surface area is 125 Å². The molecule has 2 heterocycles. The van der Waals surface area contributed by atoms with E-state index in [1.165, 1.54) is 0 Å². The third kappa shape index (κ3) is 3.36. The third-order valence-corrected chi connectivity index (χ3v) is 4.36. The molecule has 0 aromatic heterocycles. The molecule has 0 aliphatic carbocycles. The van der Waals surface area contributed by atoms with E-state index in [0.717, 1.165) is 31.8 Å². The van der Waals surface area contributed by atoms with Crippen LogP contribution in [0.25, 0.3) is 0 Å². The molecule has 5 heteroatoms. The van der Waals surface area contributed by atoms with E-state index in [4.69, 9.17) is 4.74 Å². The van der Waals surface area contributed by atoms with Crippen molar-refractivity contribution in [2.75, 3.05) is 39.9 Å². The van der Waals surface area contributed by atoms with Crippen molar-refractivity contribution < 1.29 is 14.6 Å². The van der Waals surface area contributed by atoms with Crippen molar-refractivity contribution in [3.63, 3.8) is 0 Å². The summed E-state index contributed by atoms with van der Waals surface area (Å²) in [6.45, 7) is 3.91. The number of likely N-dealkylation sites (N-methyl/N-ethyl adjacent to an activating group) is 1. The summed E-state index contributed by atoms with van der Waals surface area (Å²) in [4.78, 5) is 16.8. The van der Waals surface area contributed by atoms with Crippen molar-refractivity contribution in [1.29, 1.82) is 0 Å². The number of nitrogens with zero attached hydrogens (tertiary/aromatic N) is 2. The van der Waals surface area contributed by atoms with Crippen LogP contribution < -0.4 is 0 Å². The molecule has 5 nitrogen and oxygen atoms in total. The summed E-state index contributed by atoms with van der Waals surface area (Å²) in [7, 11) is 2.11. The first-order valence-electron chi connectivity index (χ1n) is 7.45. The zero-order chi connectivity index (χ0) is 14.8.